The van der Waals surface area contributed by atoms with Crippen molar-refractivity contribution in [3.05, 3.63) is 63.5 Å². The molecule has 1 heterocycles. The molecule has 0 aliphatic rings. The molecule has 0 aliphatic heterocycles. The number of esters is 1. The molecule has 0 saturated heterocycles. The Kier molecular flexibility index (Phi) is 7.45. The maximum atomic E-state index is 13.0. The summed E-state index contributed by atoms with van der Waals surface area (Å²) in [6, 6.07) is 14.8. The van der Waals surface area contributed by atoms with Crippen molar-refractivity contribution in [1.82, 2.24) is 0 Å². The number of benzene rings is 2. The highest BCUT2D eigenvalue weighted by molar-refractivity contribution is 7.16. The van der Waals surface area contributed by atoms with E-state index in [4.69, 9.17) is 14.7 Å². The number of aryl methyl sites for hydroxylation is 1. The van der Waals surface area contributed by atoms with Crippen LogP contribution in [0.3, 0.4) is 0 Å². The summed E-state index contributed by atoms with van der Waals surface area (Å²) in [5, 5.41) is 23.3. The van der Waals surface area contributed by atoms with E-state index in [1.807, 2.05) is 49.4 Å². The molecule has 3 aromatic rings. The molecule has 0 atom stereocenters. The first-order chi connectivity index (χ1) is 15.9. The van der Waals surface area contributed by atoms with Gasteiger partial charge in [0.05, 0.1) is 12.2 Å². The molecule has 0 saturated carbocycles. The fraction of sp³-hybridized carbons (Fsp3) is 0.200. The van der Waals surface area contributed by atoms with Crippen LogP contribution in [0.2, 0.25) is 0 Å². The number of nitriles is 2. The quantitative estimate of drug-likeness (QED) is 0.297. The lowest BCUT2D eigenvalue weighted by Crippen LogP contribution is -2.16. The van der Waals surface area contributed by atoms with Gasteiger partial charge < -0.3 is 14.8 Å². The van der Waals surface area contributed by atoms with Gasteiger partial charge in [0.15, 0.2) is 6.61 Å². The number of rotatable bonds is 7. The Balaban J connectivity index is 2.04. The number of ether oxygens (including phenoxy) is 2. The predicted molar refractivity (Wildman–Crippen MR) is 127 cm³/mol. The molecule has 3 rings (SSSR count). The Bertz CT molecular complexity index is 1340. The number of carbonyl (C=O) groups is 2. The smallest absolute Gasteiger partial charge is 0.341 e. The van der Waals surface area contributed by atoms with Gasteiger partial charge in [-0.1, -0.05) is 30.3 Å². The van der Waals surface area contributed by atoms with Crippen LogP contribution in [0, 0.1) is 36.5 Å². The number of nitrogens with one attached hydrogen (secondary N) is 1. The molecule has 1 N–H and O–H groups in total. The number of thiophene rings is 1. The standard InChI is InChI=1S/C25H21N3O4S/c1-4-31-25(30)22-15(2)16(3)33-24(22)28-23(29)18(14-27)13-20-19-8-6-5-7-17(19)9-10-21(20)32-12-11-26/h5-10,13H,4,12H2,1-3H3,(H,28,29)/b18-13+. The molecular formula is C25H21N3O4S. The molecule has 0 unspecified atom stereocenters. The van der Waals surface area contributed by atoms with Crippen LogP contribution >= 0.6 is 11.3 Å². The summed E-state index contributed by atoms with van der Waals surface area (Å²) in [5.74, 6) is -0.812. The molecular weight excluding hydrogens is 438 g/mol. The molecule has 0 fully saturated rings. The second-order valence-electron chi connectivity index (χ2n) is 6.98. The summed E-state index contributed by atoms with van der Waals surface area (Å²) >= 11 is 1.24. The molecule has 8 heteroatoms. The molecule has 0 spiro atoms. The molecule has 0 aliphatic carbocycles. The number of nitrogens with zero attached hydrogens (tertiary/aromatic N) is 2. The summed E-state index contributed by atoms with van der Waals surface area (Å²) in [5.41, 5.74) is 1.34. The topological polar surface area (TPSA) is 112 Å². The van der Waals surface area contributed by atoms with E-state index < -0.39 is 11.9 Å². The third-order valence-electron chi connectivity index (χ3n) is 4.97. The van der Waals surface area contributed by atoms with E-state index in [-0.39, 0.29) is 24.4 Å². The maximum absolute atomic E-state index is 13.0. The first-order valence-electron chi connectivity index (χ1n) is 10.1. The minimum atomic E-state index is -0.663. The van der Waals surface area contributed by atoms with Gasteiger partial charge in [-0.2, -0.15) is 10.5 Å². The number of hydrogen-bond acceptors (Lipinski definition) is 7. The second kappa shape index (κ2) is 10.4. The first kappa shape index (κ1) is 23.5. The fourth-order valence-corrected chi connectivity index (χ4v) is 4.33. The second-order valence-corrected chi connectivity index (χ2v) is 8.20. The number of amides is 1. The van der Waals surface area contributed by atoms with E-state index >= 15 is 0 Å². The lowest BCUT2D eigenvalue weighted by molar-refractivity contribution is -0.112. The first-order valence-corrected chi connectivity index (χ1v) is 10.9. The van der Waals surface area contributed by atoms with E-state index in [2.05, 4.69) is 5.32 Å². The van der Waals surface area contributed by atoms with E-state index in [1.165, 1.54) is 17.4 Å². The van der Waals surface area contributed by atoms with Crippen LogP contribution in [0.5, 0.6) is 5.75 Å². The van der Waals surface area contributed by atoms with Crippen LogP contribution in [-0.2, 0) is 9.53 Å². The summed E-state index contributed by atoms with van der Waals surface area (Å²) in [7, 11) is 0. The Labute approximate surface area is 195 Å². The van der Waals surface area contributed by atoms with Crippen LogP contribution in [0.15, 0.2) is 42.0 Å². The zero-order valence-electron chi connectivity index (χ0n) is 18.4. The summed E-state index contributed by atoms with van der Waals surface area (Å²) in [4.78, 5) is 26.3. The third-order valence-corrected chi connectivity index (χ3v) is 6.09. The number of anilines is 1. The molecule has 2 aromatic carbocycles. The normalized spacial score (nSPS) is 10.9. The van der Waals surface area contributed by atoms with E-state index in [9.17, 15) is 14.9 Å². The van der Waals surface area contributed by atoms with Crippen LogP contribution in [0.1, 0.15) is 33.3 Å². The van der Waals surface area contributed by atoms with Crippen LogP contribution in [-0.4, -0.2) is 25.1 Å². The molecule has 1 amide bonds. The van der Waals surface area contributed by atoms with Crippen molar-refractivity contribution in [2.75, 3.05) is 18.5 Å². The van der Waals surface area contributed by atoms with Gasteiger partial charge in [-0.15, -0.1) is 11.3 Å². The Hall–Kier alpha value is -4.14. The van der Waals surface area contributed by atoms with Gasteiger partial charge in [-0.3, -0.25) is 4.79 Å². The van der Waals surface area contributed by atoms with Gasteiger partial charge in [0.2, 0.25) is 0 Å². The lowest BCUT2D eigenvalue weighted by Gasteiger charge is -2.11. The Morgan fingerprint density at radius 2 is 1.91 bits per heavy atom. The van der Waals surface area contributed by atoms with Crippen molar-refractivity contribution >= 4 is 45.1 Å². The predicted octanol–water partition coefficient (Wildman–Crippen LogP) is 5.14. The fourth-order valence-electron chi connectivity index (χ4n) is 3.29. The zero-order valence-corrected chi connectivity index (χ0v) is 19.2. The van der Waals surface area contributed by atoms with Gasteiger partial charge in [0.1, 0.15) is 28.5 Å². The summed E-state index contributed by atoms with van der Waals surface area (Å²) in [6.45, 7) is 5.36. The number of fused-ring (bicyclic) bond motifs is 1. The van der Waals surface area contributed by atoms with Gasteiger partial charge in [0, 0.05) is 10.4 Å². The third kappa shape index (κ3) is 5.03. The van der Waals surface area contributed by atoms with Crippen molar-refractivity contribution in [1.29, 1.82) is 10.5 Å². The highest BCUT2D eigenvalue weighted by Gasteiger charge is 2.23. The van der Waals surface area contributed by atoms with Gasteiger partial charge >= 0.3 is 5.97 Å². The van der Waals surface area contributed by atoms with Crippen molar-refractivity contribution in [3.63, 3.8) is 0 Å². The van der Waals surface area contributed by atoms with Gasteiger partial charge in [0.25, 0.3) is 5.91 Å². The molecule has 1 aromatic heterocycles. The molecule has 166 valence electrons. The minimum absolute atomic E-state index is 0.174. The maximum Gasteiger partial charge on any atom is 0.341 e. The van der Waals surface area contributed by atoms with Crippen molar-refractivity contribution in [2.24, 2.45) is 0 Å². The van der Waals surface area contributed by atoms with E-state index in [0.717, 1.165) is 21.2 Å². The average Bonchev–Trinajstić information content (AvgIpc) is 3.09. The Morgan fingerprint density at radius 3 is 2.61 bits per heavy atom. The van der Waals surface area contributed by atoms with E-state index in [1.54, 1.807) is 19.9 Å². The van der Waals surface area contributed by atoms with Gasteiger partial charge in [-0.05, 0) is 49.2 Å². The lowest BCUT2D eigenvalue weighted by atomic mass is 10.0. The molecule has 33 heavy (non-hydrogen) atoms. The van der Waals surface area contributed by atoms with Crippen LogP contribution in [0.4, 0.5) is 5.00 Å². The molecule has 0 radical (unpaired) electrons. The highest BCUT2D eigenvalue weighted by Crippen LogP contribution is 2.34. The number of carbonyl (C=O) groups excluding carboxylic acids is 2. The summed E-state index contributed by atoms with van der Waals surface area (Å²) in [6.07, 6.45) is 1.43. The SMILES string of the molecule is CCOC(=O)c1c(NC(=O)/C(C#N)=C/c2c(OCC#N)ccc3ccccc23)sc(C)c1C. The molecule has 7 nitrogen and oxygen atoms in total. The monoisotopic (exact) mass is 459 g/mol. The van der Waals surface area contributed by atoms with Gasteiger partial charge in [-0.25, -0.2) is 4.79 Å². The summed E-state index contributed by atoms with van der Waals surface area (Å²) < 4.78 is 10.7. The largest absolute Gasteiger partial charge is 0.478 e. The minimum Gasteiger partial charge on any atom is -0.478 e. The van der Waals surface area contributed by atoms with Crippen molar-refractivity contribution in [2.45, 2.75) is 20.8 Å². The number of hydrogen-bond donors (Lipinski definition) is 1. The van der Waals surface area contributed by atoms with E-state index in [0.29, 0.717) is 16.3 Å². The highest BCUT2D eigenvalue weighted by atomic mass is 32.1. The Morgan fingerprint density at radius 1 is 1.15 bits per heavy atom. The van der Waals surface area contributed by atoms with Crippen molar-refractivity contribution < 1.29 is 19.1 Å². The molecule has 0 bridgehead atoms. The van der Waals surface area contributed by atoms with Crippen molar-refractivity contribution in [3.8, 4) is 17.9 Å². The van der Waals surface area contributed by atoms with Crippen LogP contribution in [0.25, 0.3) is 16.8 Å². The zero-order chi connectivity index (χ0) is 24.0. The average molecular weight is 460 g/mol. The van der Waals surface area contributed by atoms with Crippen LogP contribution < -0.4 is 10.1 Å².